The lowest BCUT2D eigenvalue weighted by molar-refractivity contribution is -0.0881. The molecule has 60 valence electrons. The Morgan fingerprint density at radius 2 is 2.00 bits per heavy atom. The number of benzene rings is 1. The molecule has 11 heavy (non-hydrogen) atoms. The fraction of sp³-hybridized carbons (Fsp3) is 0.333. The second kappa shape index (κ2) is 4.11. The molecule has 2 heteroatoms. The molecule has 0 radical (unpaired) electrons. The minimum absolute atomic E-state index is 0.0591. The van der Waals surface area contributed by atoms with E-state index in [0.717, 1.165) is 5.56 Å². The SMILES string of the molecule is C[OH+][C@H](CO)c1ccccc1. The van der Waals surface area contributed by atoms with Crippen LogP contribution in [-0.2, 0) is 0 Å². The van der Waals surface area contributed by atoms with E-state index in [4.69, 9.17) is 5.11 Å². The third-order valence-electron chi connectivity index (χ3n) is 1.67. The van der Waals surface area contributed by atoms with Gasteiger partial charge < -0.3 is 9.84 Å². The lowest BCUT2D eigenvalue weighted by Crippen LogP contribution is -2.09. The predicted molar refractivity (Wildman–Crippen MR) is 44.4 cm³/mol. The van der Waals surface area contributed by atoms with Crippen molar-refractivity contribution >= 4 is 0 Å². The Balaban J connectivity index is 2.74. The van der Waals surface area contributed by atoms with Crippen molar-refractivity contribution < 1.29 is 9.84 Å². The van der Waals surface area contributed by atoms with E-state index in [1.165, 1.54) is 0 Å². The minimum Gasteiger partial charge on any atom is -0.428 e. The maximum atomic E-state index is 8.89. The Bertz CT molecular complexity index is 192. The van der Waals surface area contributed by atoms with Crippen LogP contribution in [0.3, 0.4) is 0 Å². The van der Waals surface area contributed by atoms with Gasteiger partial charge in [0.1, 0.15) is 13.7 Å². The fourth-order valence-corrected chi connectivity index (χ4v) is 1.01. The maximum absolute atomic E-state index is 8.89. The van der Waals surface area contributed by atoms with Gasteiger partial charge >= 0.3 is 0 Å². The number of rotatable bonds is 3. The van der Waals surface area contributed by atoms with Crippen molar-refractivity contribution in [3.8, 4) is 0 Å². The number of aliphatic hydroxyl groups is 3. The summed E-state index contributed by atoms with van der Waals surface area (Å²) in [5, 5.41) is 8.89. The van der Waals surface area contributed by atoms with Gasteiger partial charge in [-0.2, -0.15) is 0 Å². The van der Waals surface area contributed by atoms with E-state index in [-0.39, 0.29) is 12.7 Å². The molecule has 1 aromatic rings. The molecule has 0 aliphatic rings. The summed E-state index contributed by atoms with van der Waals surface area (Å²) in [5.74, 6) is 0. The number of hydrogen-bond acceptors (Lipinski definition) is 1. The summed E-state index contributed by atoms with van der Waals surface area (Å²) in [6, 6.07) is 9.78. The molecule has 0 heterocycles. The van der Waals surface area contributed by atoms with E-state index in [1.54, 1.807) is 7.11 Å². The number of aliphatic hydroxyl groups excluding tert-OH is 1. The molecule has 0 spiro atoms. The van der Waals surface area contributed by atoms with Gasteiger partial charge in [0.15, 0.2) is 0 Å². The van der Waals surface area contributed by atoms with Crippen LogP contribution in [0.5, 0.6) is 0 Å². The van der Waals surface area contributed by atoms with E-state index in [2.05, 4.69) is 4.74 Å². The van der Waals surface area contributed by atoms with E-state index < -0.39 is 0 Å². The van der Waals surface area contributed by atoms with Crippen molar-refractivity contribution in [1.29, 1.82) is 0 Å². The summed E-state index contributed by atoms with van der Waals surface area (Å²) in [7, 11) is 1.72. The summed E-state index contributed by atoms with van der Waals surface area (Å²) < 4.78 is 4.03. The molecule has 1 atom stereocenters. The predicted octanol–water partition coefficient (Wildman–Crippen LogP) is 0.878. The highest BCUT2D eigenvalue weighted by Crippen LogP contribution is 2.12. The first-order chi connectivity index (χ1) is 5.38. The Morgan fingerprint density at radius 3 is 2.45 bits per heavy atom. The van der Waals surface area contributed by atoms with Crippen LogP contribution in [-0.4, -0.2) is 23.6 Å². The van der Waals surface area contributed by atoms with Crippen LogP contribution in [0.15, 0.2) is 30.3 Å². The molecule has 0 unspecified atom stereocenters. The Morgan fingerprint density at radius 1 is 1.36 bits per heavy atom. The van der Waals surface area contributed by atoms with Crippen LogP contribution in [0.25, 0.3) is 0 Å². The van der Waals surface area contributed by atoms with Crippen molar-refractivity contribution in [3.63, 3.8) is 0 Å². The average molecular weight is 153 g/mol. The van der Waals surface area contributed by atoms with Gasteiger partial charge in [-0.25, -0.2) is 0 Å². The van der Waals surface area contributed by atoms with Crippen molar-refractivity contribution in [2.24, 2.45) is 0 Å². The highest BCUT2D eigenvalue weighted by atomic mass is 16.5. The third kappa shape index (κ3) is 2.03. The summed E-state index contributed by atoms with van der Waals surface area (Å²) >= 11 is 0. The molecule has 0 fully saturated rings. The second-order valence-corrected chi connectivity index (χ2v) is 2.37. The quantitative estimate of drug-likeness (QED) is 0.642. The van der Waals surface area contributed by atoms with Crippen LogP contribution in [0.1, 0.15) is 11.7 Å². The van der Waals surface area contributed by atoms with E-state index in [1.807, 2.05) is 30.3 Å². The van der Waals surface area contributed by atoms with Gasteiger partial charge in [0, 0.05) is 5.56 Å². The topological polar surface area (TPSA) is 33.0 Å². The lowest BCUT2D eigenvalue weighted by atomic mass is 10.1. The van der Waals surface area contributed by atoms with Gasteiger partial charge in [0.05, 0.1) is 0 Å². The van der Waals surface area contributed by atoms with E-state index >= 15 is 0 Å². The highest BCUT2D eigenvalue weighted by Gasteiger charge is 2.11. The van der Waals surface area contributed by atoms with Gasteiger partial charge in [0.25, 0.3) is 0 Å². The first-order valence-corrected chi connectivity index (χ1v) is 3.63. The molecule has 2 nitrogen and oxygen atoms in total. The van der Waals surface area contributed by atoms with Crippen LogP contribution in [0.4, 0.5) is 0 Å². The van der Waals surface area contributed by atoms with Crippen LogP contribution in [0.2, 0.25) is 0 Å². The van der Waals surface area contributed by atoms with E-state index in [0.29, 0.717) is 0 Å². The fourth-order valence-electron chi connectivity index (χ4n) is 1.01. The molecular weight excluding hydrogens is 140 g/mol. The zero-order valence-corrected chi connectivity index (χ0v) is 6.57. The van der Waals surface area contributed by atoms with Crippen LogP contribution >= 0.6 is 0 Å². The Labute approximate surface area is 66.4 Å². The summed E-state index contributed by atoms with van der Waals surface area (Å²) in [5.41, 5.74) is 1.07. The first-order valence-electron chi connectivity index (χ1n) is 3.63. The third-order valence-corrected chi connectivity index (χ3v) is 1.67. The Kier molecular flexibility index (Phi) is 3.08. The number of ether oxygens (including phenoxy) is 1. The van der Waals surface area contributed by atoms with Crippen molar-refractivity contribution in [3.05, 3.63) is 35.9 Å². The minimum atomic E-state index is -0.0591. The van der Waals surface area contributed by atoms with Crippen molar-refractivity contribution in [2.75, 3.05) is 13.7 Å². The molecule has 2 N–H and O–H groups in total. The van der Waals surface area contributed by atoms with Gasteiger partial charge in [-0.05, 0) is 0 Å². The van der Waals surface area contributed by atoms with Crippen molar-refractivity contribution in [2.45, 2.75) is 6.10 Å². The zero-order valence-electron chi connectivity index (χ0n) is 6.57. The molecule has 0 aromatic heterocycles. The normalized spacial score (nSPS) is 12.9. The molecule has 0 aliphatic heterocycles. The first kappa shape index (κ1) is 8.24. The molecule has 0 saturated carbocycles. The zero-order chi connectivity index (χ0) is 8.10. The molecule has 0 aliphatic carbocycles. The van der Waals surface area contributed by atoms with Crippen molar-refractivity contribution in [1.82, 2.24) is 0 Å². The largest absolute Gasteiger partial charge is 0.428 e. The molecule has 1 rings (SSSR count). The monoisotopic (exact) mass is 153 g/mol. The highest BCUT2D eigenvalue weighted by molar-refractivity contribution is 5.17. The summed E-state index contributed by atoms with van der Waals surface area (Å²) in [4.78, 5) is 0. The van der Waals surface area contributed by atoms with E-state index in [9.17, 15) is 0 Å². The maximum Gasteiger partial charge on any atom is 0.204 e. The van der Waals surface area contributed by atoms with Gasteiger partial charge in [-0.3, -0.25) is 0 Å². The smallest absolute Gasteiger partial charge is 0.204 e. The molecule has 1 aromatic carbocycles. The molecule has 0 bridgehead atoms. The van der Waals surface area contributed by atoms with Crippen LogP contribution in [0, 0.1) is 0 Å². The molecule has 0 amide bonds. The second-order valence-electron chi connectivity index (χ2n) is 2.37. The van der Waals surface area contributed by atoms with Gasteiger partial charge in [-0.15, -0.1) is 0 Å². The standard InChI is InChI=1S/C9H12O2/c1-11-9(7-10)8-5-3-2-4-6-8/h2-6,9-10H,7H2,1H3/p+1/t9-/m1/s1. The number of hydrogen-bond donors (Lipinski definition) is 1. The average Bonchev–Trinajstić information content (AvgIpc) is 2.09. The lowest BCUT2D eigenvalue weighted by Gasteiger charge is -2.07. The summed E-state index contributed by atoms with van der Waals surface area (Å²) in [6.07, 6.45) is -0.0591. The Hall–Kier alpha value is -0.860. The molecule has 0 saturated heterocycles. The summed E-state index contributed by atoms with van der Waals surface area (Å²) in [6.45, 7) is 0.0838. The van der Waals surface area contributed by atoms with Crippen LogP contribution < -0.4 is 0 Å². The van der Waals surface area contributed by atoms with Gasteiger partial charge in [0.2, 0.25) is 6.10 Å². The van der Waals surface area contributed by atoms with Gasteiger partial charge in [-0.1, -0.05) is 30.3 Å². The molecular formula is C9H13O2+.